The molecule has 2 aliphatic rings. The highest BCUT2D eigenvalue weighted by molar-refractivity contribution is 4.88. The zero-order chi connectivity index (χ0) is 10.5. The van der Waals surface area contributed by atoms with E-state index in [0.717, 1.165) is 17.9 Å². The third kappa shape index (κ3) is 2.96. The molecule has 2 fully saturated rings. The molecule has 0 amide bonds. The van der Waals surface area contributed by atoms with Crippen LogP contribution in [0.4, 0.5) is 0 Å². The van der Waals surface area contributed by atoms with Gasteiger partial charge < -0.3 is 5.32 Å². The van der Waals surface area contributed by atoms with E-state index in [4.69, 9.17) is 0 Å². The van der Waals surface area contributed by atoms with E-state index in [2.05, 4.69) is 12.2 Å². The lowest BCUT2D eigenvalue weighted by atomic mass is 9.86. The molecule has 0 aliphatic heterocycles. The Morgan fingerprint density at radius 2 is 1.40 bits per heavy atom. The fraction of sp³-hybridized carbons (Fsp3) is 1.00. The van der Waals surface area contributed by atoms with Gasteiger partial charge in [0.1, 0.15) is 0 Å². The maximum Gasteiger partial charge on any atom is 0.0124 e. The SMILES string of the molecule is CCCNC(C1CCCC1)C1CCCC1. The third-order valence-corrected chi connectivity index (χ3v) is 4.45. The summed E-state index contributed by atoms with van der Waals surface area (Å²) in [6.07, 6.45) is 13.2. The van der Waals surface area contributed by atoms with E-state index in [-0.39, 0.29) is 0 Å². The fourth-order valence-corrected chi connectivity index (χ4v) is 3.66. The molecule has 1 N–H and O–H groups in total. The first kappa shape index (κ1) is 11.4. The van der Waals surface area contributed by atoms with E-state index >= 15 is 0 Å². The Morgan fingerprint density at radius 3 is 1.80 bits per heavy atom. The number of hydrogen-bond donors (Lipinski definition) is 1. The van der Waals surface area contributed by atoms with Gasteiger partial charge in [-0.05, 0) is 50.5 Å². The Kier molecular flexibility index (Phi) is 4.49. The highest BCUT2D eigenvalue weighted by Crippen LogP contribution is 2.37. The van der Waals surface area contributed by atoms with E-state index in [0.29, 0.717) is 0 Å². The second-order valence-corrected chi connectivity index (χ2v) is 5.57. The van der Waals surface area contributed by atoms with Crippen molar-refractivity contribution < 1.29 is 0 Å². The molecule has 2 rings (SSSR count). The van der Waals surface area contributed by atoms with Crippen molar-refractivity contribution in [3.63, 3.8) is 0 Å². The van der Waals surface area contributed by atoms with E-state index in [1.165, 1.54) is 64.3 Å². The molecule has 1 heteroatoms. The Labute approximate surface area is 95.0 Å². The van der Waals surface area contributed by atoms with E-state index < -0.39 is 0 Å². The van der Waals surface area contributed by atoms with Crippen LogP contribution < -0.4 is 5.32 Å². The first-order valence-electron chi connectivity index (χ1n) is 7.15. The summed E-state index contributed by atoms with van der Waals surface area (Å²) in [5.41, 5.74) is 0. The van der Waals surface area contributed by atoms with Gasteiger partial charge in [-0.3, -0.25) is 0 Å². The molecule has 0 saturated heterocycles. The molecule has 0 heterocycles. The molecule has 2 aliphatic carbocycles. The van der Waals surface area contributed by atoms with E-state index in [9.17, 15) is 0 Å². The lowest BCUT2D eigenvalue weighted by Gasteiger charge is -2.30. The zero-order valence-electron chi connectivity index (χ0n) is 10.3. The first-order valence-corrected chi connectivity index (χ1v) is 7.15. The third-order valence-electron chi connectivity index (χ3n) is 4.45. The second kappa shape index (κ2) is 5.89. The Hall–Kier alpha value is -0.0400. The minimum Gasteiger partial charge on any atom is -0.313 e. The van der Waals surface area contributed by atoms with Crippen LogP contribution in [0.15, 0.2) is 0 Å². The van der Waals surface area contributed by atoms with Crippen LogP contribution >= 0.6 is 0 Å². The van der Waals surface area contributed by atoms with Gasteiger partial charge in [-0.1, -0.05) is 32.6 Å². The molecule has 0 radical (unpaired) electrons. The quantitative estimate of drug-likeness (QED) is 0.727. The standard InChI is InChI=1S/C14H27N/c1-2-11-15-14(12-7-3-4-8-12)13-9-5-6-10-13/h12-15H,2-11H2,1H3. The van der Waals surface area contributed by atoms with Crippen molar-refractivity contribution in [1.29, 1.82) is 0 Å². The second-order valence-electron chi connectivity index (χ2n) is 5.57. The molecule has 1 nitrogen and oxygen atoms in total. The van der Waals surface area contributed by atoms with Gasteiger partial charge in [-0.15, -0.1) is 0 Å². The minimum absolute atomic E-state index is 0.870. The van der Waals surface area contributed by atoms with Crippen molar-refractivity contribution in [2.24, 2.45) is 11.8 Å². The summed E-state index contributed by atoms with van der Waals surface area (Å²) >= 11 is 0. The smallest absolute Gasteiger partial charge is 0.0124 e. The summed E-state index contributed by atoms with van der Waals surface area (Å²) in [6.45, 7) is 3.52. The van der Waals surface area contributed by atoms with Gasteiger partial charge in [0.2, 0.25) is 0 Å². The fourth-order valence-electron chi connectivity index (χ4n) is 3.66. The lowest BCUT2D eigenvalue weighted by Crippen LogP contribution is -2.41. The van der Waals surface area contributed by atoms with Gasteiger partial charge in [-0.25, -0.2) is 0 Å². The van der Waals surface area contributed by atoms with Gasteiger partial charge in [0.15, 0.2) is 0 Å². The van der Waals surface area contributed by atoms with Crippen LogP contribution in [0.5, 0.6) is 0 Å². The Morgan fingerprint density at radius 1 is 0.933 bits per heavy atom. The molecule has 0 spiro atoms. The van der Waals surface area contributed by atoms with E-state index in [1.807, 2.05) is 0 Å². The van der Waals surface area contributed by atoms with Crippen molar-refractivity contribution in [2.45, 2.75) is 70.8 Å². The van der Waals surface area contributed by atoms with Crippen LogP contribution in [-0.4, -0.2) is 12.6 Å². The molecular formula is C14H27N. The molecule has 88 valence electrons. The summed E-state index contributed by atoms with van der Waals surface area (Å²) in [4.78, 5) is 0. The highest BCUT2D eigenvalue weighted by Gasteiger charge is 2.32. The molecule has 0 atom stereocenters. The van der Waals surface area contributed by atoms with Crippen LogP contribution in [0.1, 0.15) is 64.7 Å². The van der Waals surface area contributed by atoms with Crippen molar-refractivity contribution in [2.75, 3.05) is 6.54 Å². The number of hydrogen-bond acceptors (Lipinski definition) is 1. The zero-order valence-corrected chi connectivity index (χ0v) is 10.3. The number of nitrogens with one attached hydrogen (secondary N) is 1. The van der Waals surface area contributed by atoms with Crippen LogP contribution in [0, 0.1) is 11.8 Å². The first-order chi connectivity index (χ1) is 7.42. The molecule has 2 saturated carbocycles. The molecular weight excluding hydrogens is 182 g/mol. The Bertz CT molecular complexity index is 150. The average molecular weight is 209 g/mol. The van der Waals surface area contributed by atoms with Gasteiger partial charge in [0.05, 0.1) is 0 Å². The van der Waals surface area contributed by atoms with Crippen LogP contribution in [0.3, 0.4) is 0 Å². The van der Waals surface area contributed by atoms with Crippen LogP contribution in [0.25, 0.3) is 0 Å². The summed E-state index contributed by atoms with van der Waals surface area (Å²) in [6, 6.07) is 0.870. The molecule has 0 unspecified atom stereocenters. The van der Waals surface area contributed by atoms with E-state index in [1.54, 1.807) is 0 Å². The number of rotatable bonds is 5. The molecule has 0 aromatic heterocycles. The average Bonchev–Trinajstić information content (AvgIpc) is 2.90. The van der Waals surface area contributed by atoms with Crippen LogP contribution in [-0.2, 0) is 0 Å². The molecule has 15 heavy (non-hydrogen) atoms. The Balaban J connectivity index is 1.88. The minimum atomic E-state index is 0.870. The van der Waals surface area contributed by atoms with Gasteiger partial charge >= 0.3 is 0 Å². The molecule has 0 bridgehead atoms. The van der Waals surface area contributed by atoms with Crippen molar-refractivity contribution in [1.82, 2.24) is 5.32 Å². The predicted molar refractivity (Wildman–Crippen MR) is 66.0 cm³/mol. The predicted octanol–water partition coefficient (Wildman–Crippen LogP) is 3.74. The summed E-state index contributed by atoms with van der Waals surface area (Å²) < 4.78 is 0. The van der Waals surface area contributed by atoms with Crippen molar-refractivity contribution in [3.05, 3.63) is 0 Å². The van der Waals surface area contributed by atoms with Gasteiger partial charge in [0.25, 0.3) is 0 Å². The summed E-state index contributed by atoms with van der Waals surface area (Å²) in [7, 11) is 0. The van der Waals surface area contributed by atoms with Gasteiger partial charge in [-0.2, -0.15) is 0 Å². The summed E-state index contributed by atoms with van der Waals surface area (Å²) in [5, 5.41) is 3.85. The maximum atomic E-state index is 3.85. The highest BCUT2D eigenvalue weighted by atomic mass is 14.9. The normalized spacial score (nSPS) is 24.4. The maximum absolute atomic E-state index is 3.85. The molecule has 0 aromatic rings. The van der Waals surface area contributed by atoms with Gasteiger partial charge in [0, 0.05) is 6.04 Å². The summed E-state index contributed by atoms with van der Waals surface area (Å²) in [5.74, 6) is 2.03. The lowest BCUT2D eigenvalue weighted by molar-refractivity contribution is 0.261. The van der Waals surface area contributed by atoms with Crippen molar-refractivity contribution in [3.8, 4) is 0 Å². The van der Waals surface area contributed by atoms with Crippen LogP contribution in [0.2, 0.25) is 0 Å². The largest absolute Gasteiger partial charge is 0.313 e. The topological polar surface area (TPSA) is 12.0 Å². The molecule has 0 aromatic carbocycles. The van der Waals surface area contributed by atoms with Crippen molar-refractivity contribution >= 4 is 0 Å². The monoisotopic (exact) mass is 209 g/mol.